The predicted molar refractivity (Wildman–Crippen MR) is 149 cm³/mol. The van der Waals surface area contributed by atoms with E-state index >= 15 is 0 Å². The van der Waals surface area contributed by atoms with Gasteiger partial charge in [0.25, 0.3) is 0 Å². The lowest BCUT2D eigenvalue weighted by Gasteiger charge is -2.34. The van der Waals surface area contributed by atoms with Crippen LogP contribution in [0.15, 0.2) is 78.9 Å². The Hall–Kier alpha value is -3.92. The van der Waals surface area contributed by atoms with Crippen molar-refractivity contribution in [2.45, 2.75) is 38.9 Å². The normalized spacial score (nSPS) is 12.1. The van der Waals surface area contributed by atoms with E-state index < -0.39 is 40.2 Å². The molecule has 0 radical (unpaired) electrons. The first kappa shape index (κ1) is 29.6. The maximum absolute atomic E-state index is 14.8. The Kier molecular flexibility index (Phi) is 10.1. The SMILES string of the molecule is COc1ccccc1N(CC(=O)N(Cc1ccccc1F)C(Cc1ccccc1)C(=O)NC(C)C)S(C)(=O)=O. The van der Waals surface area contributed by atoms with Crippen molar-refractivity contribution in [3.05, 3.63) is 95.8 Å². The Balaban J connectivity index is 2.09. The van der Waals surface area contributed by atoms with Crippen LogP contribution >= 0.6 is 0 Å². The van der Waals surface area contributed by atoms with Crippen LogP contribution in [-0.2, 0) is 32.6 Å². The molecule has 0 saturated carbocycles. The first-order valence-electron chi connectivity index (χ1n) is 12.5. The number of benzene rings is 3. The molecule has 1 N–H and O–H groups in total. The van der Waals surface area contributed by atoms with E-state index in [9.17, 15) is 22.4 Å². The summed E-state index contributed by atoms with van der Waals surface area (Å²) in [6, 6.07) is 20.3. The zero-order valence-electron chi connectivity index (χ0n) is 22.5. The average molecular weight is 556 g/mol. The van der Waals surface area contributed by atoms with Gasteiger partial charge in [0.1, 0.15) is 24.2 Å². The van der Waals surface area contributed by atoms with E-state index in [1.807, 2.05) is 30.3 Å². The average Bonchev–Trinajstić information content (AvgIpc) is 2.89. The fraction of sp³-hybridized carbons (Fsp3) is 0.310. The zero-order chi connectivity index (χ0) is 28.6. The monoisotopic (exact) mass is 555 g/mol. The first-order valence-corrected chi connectivity index (χ1v) is 14.3. The van der Waals surface area contributed by atoms with Gasteiger partial charge in [-0.25, -0.2) is 12.8 Å². The summed E-state index contributed by atoms with van der Waals surface area (Å²) in [6.45, 7) is 2.74. The molecule has 1 atom stereocenters. The van der Waals surface area contributed by atoms with Gasteiger partial charge >= 0.3 is 0 Å². The molecule has 208 valence electrons. The highest BCUT2D eigenvalue weighted by Gasteiger charge is 2.34. The fourth-order valence-electron chi connectivity index (χ4n) is 4.18. The second kappa shape index (κ2) is 13.2. The van der Waals surface area contributed by atoms with Crippen molar-refractivity contribution in [2.24, 2.45) is 0 Å². The number of ether oxygens (including phenoxy) is 1. The van der Waals surface area contributed by atoms with E-state index in [4.69, 9.17) is 4.74 Å². The molecule has 10 heteroatoms. The molecule has 39 heavy (non-hydrogen) atoms. The smallest absolute Gasteiger partial charge is 0.244 e. The molecule has 1 unspecified atom stereocenters. The van der Waals surface area contributed by atoms with Gasteiger partial charge in [-0.2, -0.15) is 0 Å². The lowest BCUT2D eigenvalue weighted by Crippen LogP contribution is -2.54. The van der Waals surface area contributed by atoms with Gasteiger partial charge in [-0.15, -0.1) is 0 Å². The number of nitrogens with one attached hydrogen (secondary N) is 1. The van der Waals surface area contributed by atoms with Gasteiger partial charge in [0, 0.05) is 24.6 Å². The number of carbonyl (C=O) groups excluding carboxylic acids is 2. The summed E-state index contributed by atoms with van der Waals surface area (Å²) in [5.74, 6) is -1.38. The van der Waals surface area contributed by atoms with Gasteiger partial charge in [-0.1, -0.05) is 60.7 Å². The molecule has 8 nitrogen and oxygen atoms in total. The van der Waals surface area contributed by atoms with Gasteiger partial charge in [0.05, 0.1) is 19.1 Å². The largest absolute Gasteiger partial charge is 0.495 e. The number of para-hydroxylation sites is 2. The number of amides is 2. The predicted octanol–water partition coefficient (Wildman–Crippen LogP) is 3.77. The van der Waals surface area contributed by atoms with Crippen LogP contribution in [0.2, 0.25) is 0 Å². The topological polar surface area (TPSA) is 96.0 Å². The number of sulfonamides is 1. The lowest BCUT2D eigenvalue weighted by atomic mass is 10.0. The van der Waals surface area contributed by atoms with Crippen LogP contribution in [-0.4, -0.2) is 57.1 Å². The number of nitrogens with zero attached hydrogens (tertiary/aromatic N) is 2. The Morgan fingerprint density at radius 3 is 2.18 bits per heavy atom. The quantitative estimate of drug-likeness (QED) is 0.367. The number of methoxy groups -OCH3 is 1. The maximum Gasteiger partial charge on any atom is 0.244 e. The maximum atomic E-state index is 14.8. The molecule has 0 aromatic heterocycles. The number of hydrogen-bond acceptors (Lipinski definition) is 5. The molecule has 0 aliphatic carbocycles. The number of carbonyl (C=O) groups is 2. The Morgan fingerprint density at radius 1 is 0.949 bits per heavy atom. The first-order chi connectivity index (χ1) is 18.5. The van der Waals surface area contributed by atoms with Crippen molar-refractivity contribution in [2.75, 3.05) is 24.2 Å². The van der Waals surface area contributed by atoms with Crippen LogP contribution in [0.3, 0.4) is 0 Å². The van der Waals surface area contributed by atoms with Gasteiger partial charge in [-0.05, 0) is 37.6 Å². The molecule has 0 aliphatic rings. The van der Waals surface area contributed by atoms with Crippen molar-refractivity contribution < 1.29 is 27.1 Å². The summed E-state index contributed by atoms with van der Waals surface area (Å²) in [7, 11) is -2.55. The third-order valence-corrected chi connectivity index (χ3v) is 7.16. The van der Waals surface area contributed by atoms with Crippen LogP contribution < -0.4 is 14.4 Å². The van der Waals surface area contributed by atoms with Gasteiger partial charge in [-0.3, -0.25) is 13.9 Å². The summed E-state index contributed by atoms with van der Waals surface area (Å²) in [5.41, 5.74) is 1.16. The summed E-state index contributed by atoms with van der Waals surface area (Å²) >= 11 is 0. The second-order valence-corrected chi connectivity index (χ2v) is 11.3. The minimum Gasteiger partial charge on any atom is -0.495 e. The van der Waals surface area contributed by atoms with Crippen LogP contribution in [0.4, 0.5) is 10.1 Å². The number of rotatable bonds is 12. The molecule has 2 amide bonds. The molecule has 0 fully saturated rings. The molecule has 0 spiro atoms. The van der Waals surface area contributed by atoms with E-state index in [1.54, 1.807) is 38.1 Å². The van der Waals surface area contributed by atoms with Crippen molar-refractivity contribution in [3.63, 3.8) is 0 Å². The van der Waals surface area contributed by atoms with Crippen LogP contribution in [0.25, 0.3) is 0 Å². The Bertz CT molecular complexity index is 1380. The number of hydrogen-bond donors (Lipinski definition) is 1. The van der Waals surface area contributed by atoms with Gasteiger partial charge in [0.15, 0.2) is 0 Å². The van der Waals surface area contributed by atoms with Crippen LogP contribution in [0.1, 0.15) is 25.0 Å². The van der Waals surface area contributed by atoms with E-state index in [0.717, 1.165) is 16.1 Å². The fourth-order valence-corrected chi connectivity index (χ4v) is 5.03. The minimum absolute atomic E-state index is 0.146. The highest BCUT2D eigenvalue weighted by molar-refractivity contribution is 7.92. The molecule has 0 bridgehead atoms. The van der Waals surface area contributed by atoms with E-state index in [1.165, 1.54) is 36.3 Å². The van der Waals surface area contributed by atoms with E-state index in [-0.39, 0.29) is 36.0 Å². The van der Waals surface area contributed by atoms with Gasteiger partial charge in [0.2, 0.25) is 21.8 Å². The summed E-state index contributed by atoms with van der Waals surface area (Å²) in [6.07, 6.45) is 1.13. The highest BCUT2D eigenvalue weighted by atomic mass is 32.2. The van der Waals surface area contributed by atoms with Crippen LogP contribution in [0, 0.1) is 5.82 Å². The molecular formula is C29H34FN3O5S. The van der Waals surface area contributed by atoms with Crippen molar-refractivity contribution >= 4 is 27.5 Å². The lowest BCUT2D eigenvalue weighted by molar-refractivity contribution is -0.140. The Labute approximate surface area is 229 Å². The van der Waals surface area contributed by atoms with E-state index in [0.29, 0.717) is 0 Å². The summed E-state index contributed by atoms with van der Waals surface area (Å²) in [5, 5.41) is 2.85. The third-order valence-electron chi connectivity index (χ3n) is 6.03. The molecule has 0 aliphatic heterocycles. The third kappa shape index (κ3) is 8.03. The summed E-state index contributed by atoms with van der Waals surface area (Å²) in [4.78, 5) is 28.7. The van der Waals surface area contributed by atoms with Crippen molar-refractivity contribution in [1.82, 2.24) is 10.2 Å². The van der Waals surface area contributed by atoms with Crippen molar-refractivity contribution in [1.29, 1.82) is 0 Å². The van der Waals surface area contributed by atoms with Crippen LogP contribution in [0.5, 0.6) is 5.75 Å². The molecular weight excluding hydrogens is 521 g/mol. The van der Waals surface area contributed by atoms with E-state index in [2.05, 4.69) is 5.32 Å². The highest BCUT2D eigenvalue weighted by Crippen LogP contribution is 2.30. The standard InChI is InChI=1S/C29H34FN3O5S/c1-21(2)31-29(35)26(18-22-12-6-5-7-13-22)32(19-23-14-8-9-15-24(23)30)28(34)20-33(39(4,36)37)25-16-10-11-17-27(25)38-3/h5-17,21,26H,18-20H2,1-4H3,(H,31,35). The molecule has 3 rings (SSSR count). The number of anilines is 1. The molecule has 0 saturated heterocycles. The second-order valence-electron chi connectivity index (χ2n) is 9.42. The number of halogens is 1. The van der Waals surface area contributed by atoms with Gasteiger partial charge < -0.3 is 15.0 Å². The summed E-state index contributed by atoms with van der Waals surface area (Å²) < 4.78 is 46.8. The molecule has 0 heterocycles. The zero-order valence-corrected chi connectivity index (χ0v) is 23.3. The van der Waals surface area contributed by atoms with Crippen molar-refractivity contribution in [3.8, 4) is 5.75 Å². The minimum atomic E-state index is -3.95. The molecule has 3 aromatic carbocycles. The Morgan fingerprint density at radius 2 is 1.56 bits per heavy atom. The molecule has 3 aromatic rings.